The second-order valence-corrected chi connectivity index (χ2v) is 5.32. The lowest BCUT2D eigenvalue weighted by Gasteiger charge is -2.27. The van der Waals surface area contributed by atoms with E-state index >= 15 is 0 Å². The second kappa shape index (κ2) is 4.72. The van der Waals surface area contributed by atoms with Gasteiger partial charge in [0.25, 0.3) is 0 Å². The van der Waals surface area contributed by atoms with Crippen LogP contribution < -0.4 is 10.2 Å². The Labute approximate surface area is 107 Å². The first-order valence-corrected chi connectivity index (χ1v) is 6.76. The van der Waals surface area contributed by atoms with E-state index in [1.165, 1.54) is 19.3 Å². The van der Waals surface area contributed by atoms with E-state index in [2.05, 4.69) is 20.2 Å². The smallest absolute Gasteiger partial charge is 0.134 e. The Morgan fingerprint density at radius 3 is 2.78 bits per heavy atom. The van der Waals surface area contributed by atoms with Gasteiger partial charge < -0.3 is 15.3 Å². The van der Waals surface area contributed by atoms with E-state index in [0.29, 0.717) is 12.6 Å². The second-order valence-electron chi connectivity index (χ2n) is 5.32. The van der Waals surface area contributed by atoms with Crippen LogP contribution in [0.15, 0.2) is 6.07 Å². The molecular weight excluding hydrogens is 228 g/mol. The van der Waals surface area contributed by atoms with Gasteiger partial charge >= 0.3 is 0 Å². The number of hydrogen-bond acceptors (Lipinski definition) is 5. The summed E-state index contributed by atoms with van der Waals surface area (Å²) in [5.74, 6) is 2.64. The molecule has 1 unspecified atom stereocenters. The number of rotatable bonds is 3. The third-order valence-electron chi connectivity index (χ3n) is 3.77. The standard InChI is InChI=1S/C13H20N4O/c1-9-14-12(16-10-3-2-4-10)7-13(15-9)17-6-5-11(18)8-17/h7,10-11,18H,2-6,8H2,1H3,(H,14,15,16). The average molecular weight is 248 g/mol. The molecule has 0 amide bonds. The third-order valence-corrected chi connectivity index (χ3v) is 3.77. The van der Waals surface area contributed by atoms with Gasteiger partial charge in [0.1, 0.15) is 17.5 Å². The molecule has 0 radical (unpaired) electrons. The summed E-state index contributed by atoms with van der Waals surface area (Å²) in [6.45, 7) is 3.47. The predicted molar refractivity (Wildman–Crippen MR) is 70.9 cm³/mol. The maximum absolute atomic E-state index is 9.59. The fraction of sp³-hybridized carbons (Fsp3) is 0.692. The molecule has 2 N–H and O–H groups in total. The summed E-state index contributed by atoms with van der Waals surface area (Å²) in [4.78, 5) is 11.0. The van der Waals surface area contributed by atoms with E-state index in [-0.39, 0.29) is 6.10 Å². The van der Waals surface area contributed by atoms with Crippen LogP contribution in [0.25, 0.3) is 0 Å². The number of aliphatic hydroxyl groups excluding tert-OH is 1. The van der Waals surface area contributed by atoms with Crippen LogP contribution in [0.4, 0.5) is 11.6 Å². The van der Waals surface area contributed by atoms with Crippen LogP contribution >= 0.6 is 0 Å². The normalized spacial score (nSPS) is 24.1. The molecule has 0 bridgehead atoms. The largest absolute Gasteiger partial charge is 0.391 e. The van der Waals surface area contributed by atoms with E-state index in [1.54, 1.807) is 0 Å². The molecule has 0 spiro atoms. The summed E-state index contributed by atoms with van der Waals surface area (Å²) in [6.07, 6.45) is 4.39. The van der Waals surface area contributed by atoms with Crippen molar-refractivity contribution >= 4 is 11.6 Å². The molecule has 1 saturated carbocycles. The molecule has 5 nitrogen and oxygen atoms in total. The Morgan fingerprint density at radius 1 is 1.33 bits per heavy atom. The minimum Gasteiger partial charge on any atom is -0.391 e. The molecule has 1 saturated heterocycles. The highest BCUT2D eigenvalue weighted by Gasteiger charge is 2.23. The van der Waals surface area contributed by atoms with Gasteiger partial charge in [-0.2, -0.15) is 0 Å². The van der Waals surface area contributed by atoms with Gasteiger partial charge in [0.05, 0.1) is 6.10 Å². The van der Waals surface area contributed by atoms with Gasteiger partial charge in [0, 0.05) is 25.2 Å². The Balaban J connectivity index is 1.76. The van der Waals surface area contributed by atoms with Crippen molar-refractivity contribution in [1.82, 2.24) is 9.97 Å². The lowest BCUT2D eigenvalue weighted by Crippen LogP contribution is -2.28. The van der Waals surface area contributed by atoms with Gasteiger partial charge in [-0.25, -0.2) is 9.97 Å². The van der Waals surface area contributed by atoms with Crippen LogP contribution in [-0.2, 0) is 0 Å². The van der Waals surface area contributed by atoms with Crippen LogP contribution in [0.2, 0.25) is 0 Å². The Bertz CT molecular complexity index is 433. The van der Waals surface area contributed by atoms with Crippen molar-refractivity contribution in [3.63, 3.8) is 0 Å². The highest BCUT2D eigenvalue weighted by Crippen LogP contribution is 2.25. The van der Waals surface area contributed by atoms with E-state index in [1.807, 2.05) is 13.0 Å². The number of aryl methyl sites for hydroxylation is 1. The number of nitrogens with one attached hydrogen (secondary N) is 1. The van der Waals surface area contributed by atoms with Crippen molar-refractivity contribution in [2.24, 2.45) is 0 Å². The number of nitrogens with zero attached hydrogens (tertiary/aromatic N) is 3. The third kappa shape index (κ3) is 2.41. The fourth-order valence-corrected chi connectivity index (χ4v) is 2.50. The Kier molecular flexibility index (Phi) is 3.07. The van der Waals surface area contributed by atoms with Crippen molar-refractivity contribution in [2.45, 2.75) is 44.8 Å². The van der Waals surface area contributed by atoms with Crippen molar-refractivity contribution in [2.75, 3.05) is 23.3 Å². The molecule has 2 fully saturated rings. The van der Waals surface area contributed by atoms with Crippen LogP contribution in [-0.4, -0.2) is 40.3 Å². The Hall–Kier alpha value is -1.36. The molecule has 5 heteroatoms. The molecule has 2 heterocycles. The van der Waals surface area contributed by atoms with Gasteiger partial charge in [-0.1, -0.05) is 0 Å². The zero-order valence-corrected chi connectivity index (χ0v) is 10.8. The van der Waals surface area contributed by atoms with Gasteiger partial charge in [-0.15, -0.1) is 0 Å². The highest BCUT2D eigenvalue weighted by molar-refractivity contribution is 5.50. The molecule has 3 rings (SSSR count). The highest BCUT2D eigenvalue weighted by atomic mass is 16.3. The summed E-state index contributed by atoms with van der Waals surface area (Å²) < 4.78 is 0. The first-order valence-electron chi connectivity index (χ1n) is 6.76. The number of hydrogen-bond donors (Lipinski definition) is 2. The topological polar surface area (TPSA) is 61.3 Å². The summed E-state index contributed by atoms with van der Waals surface area (Å²) in [6, 6.07) is 2.58. The summed E-state index contributed by atoms with van der Waals surface area (Å²) in [7, 11) is 0. The average Bonchev–Trinajstić information content (AvgIpc) is 2.70. The number of aromatic nitrogens is 2. The van der Waals surface area contributed by atoms with Crippen LogP contribution in [0.5, 0.6) is 0 Å². The van der Waals surface area contributed by atoms with Crippen molar-refractivity contribution < 1.29 is 5.11 Å². The van der Waals surface area contributed by atoms with Crippen molar-refractivity contribution in [3.8, 4) is 0 Å². The Morgan fingerprint density at radius 2 is 2.17 bits per heavy atom. The first-order chi connectivity index (χ1) is 8.70. The molecule has 18 heavy (non-hydrogen) atoms. The van der Waals surface area contributed by atoms with E-state index < -0.39 is 0 Å². The maximum atomic E-state index is 9.59. The summed E-state index contributed by atoms with van der Waals surface area (Å²) in [5, 5.41) is 13.0. The molecule has 1 aliphatic heterocycles. The van der Waals surface area contributed by atoms with Gasteiger partial charge in [0.2, 0.25) is 0 Å². The number of β-amino-alcohol motifs (C(OH)–C–C–N with tert-alkyl or cyclic N) is 1. The monoisotopic (exact) mass is 248 g/mol. The molecule has 1 atom stereocenters. The molecule has 1 aliphatic carbocycles. The van der Waals surface area contributed by atoms with Gasteiger partial charge in [-0.3, -0.25) is 0 Å². The SMILES string of the molecule is Cc1nc(NC2CCC2)cc(N2CCC(O)C2)n1. The van der Waals surface area contributed by atoms with Crippen LogP contribution in [0.1, 0.15) is 31.5 Å². The minimum absolute atomic E-state index is 0.219. The minimum atomic E-state index is -0.219. The van der Waals surface area contributed by atoms with Gasteiger partial charge in [0.15, 0.2) is 0 Å². The summed E-state index contributed by atoms with van der Waals surface area (Å²) >= 11 is 0. The molecular formula is C13H20N4O. The van der Waals surface area contributed by atoms with Crippen LogP contribution in [0.3, 0.4) is 0 Å². The molecule has 2 aliphatic rings. The zero-order chi connectivity index (χ0) is 12.5. The van der Waals surface area contributed by atoms with Gasteiger partial charge in [-0.05, 0) is 32.6 Å². The molecule has 98 valence electrons. The number of aliphatic hydroxyl groups is 1. The maximum Gasteiger partial charge on any atom is 0.134 e. The lowest BCUT2D eigenvalue weighted by atomic mass is 9.93. The molecule has 0 aromatic carbocycles. The van der Waals surface area contributed by atoms with E-state index in [9.17, 15) is 5.11 Å². The zero-order valence-electron chi connectivity index (χ0n) is 10.8. The summed E-state index contributed by atoms with van der Waals surface area (Å²) in [5.41, 5.74) is 0. The quantitative estimate of drug-likeness (QED) is 0.845. The predicted octanol–water partition coefficient (Wildman–Crippen LogP) is 1.32. The molecule has 1 aromatic heterocycles. The van der Waals surface area contributed by atoms with E-state index in [0.717, 1.165) is 30.4 Å². The van der Waals surface area contributed by atoms with Crippen molar-refractivity contribution in [3.05, 3.63) is 11.9 Å². The van der Waals surface area contributed by atoms with Crippen LogP contribution in [0, 0.1) is 6.92 Å². The number of anilines is 2. The van der Waals surface area contributed by atoms with E-state index in [4.69, 9.17) is 0 Å². The fourth-order valence-electron chi connectivity index (χ4n) is 2.50. The molecule has 1 aromatic rings. The van der Waals surface area contributed by atoms with Crippen molar-refractivity contribution in [1.29, 1.82) is 0 Å². The lowest BCUT2D eigenvalue weighted by molar-refractivity contribution is 0.198. The first kappa shape index (κ1) is 11.7.